The molecule has 4 rings (SSSR count). The Kier molecular flexibility index (Phi) is 9.06. The van der Waals surface area contributed by atoms with Crippen LogP contribution < -0.4 is 5.32 Å². The van der Waals surface area contributed by atoms with E-state index >= 15 is 0 Å². The zero-order valence-electron chi connectivity index (χ0n) is 21.0. The number of hydrogen-bond acceptors (Lipinski definition) is 6. The molecule has 0 fully saturated rings. The molecular weight excluding hydrogens is 511 g/mol. The van der Waals surface area contributed by atoms with Crippen LogP contribution >= 0.6 is 11.6 Å². The molecule has 2 atom stereocenters. The van der Waals surface area contributed by atoms with Crippen LogP contribution in [0.15, 0.2) is 49.1 Å². The first-order valence-electron chi connectivity index (χ1n) is 12.7. The molecular formula is C27H30ClFN6O3. The number of pyridine rings is 1. The molecule has 1 amide bonds. The Morgan fingerprint density at radius 1 is 1.24 bits per heavy atom. The molecule has 0 aromatic carbocycles. The highest BCUT2D eigenvalue weighted by Gasteiger charge is 2.23. The molecule has 1 aliphatic rings. The molecule has 0 saturated heterocycles. The molecule has 1 unspecified atom stereocenters. The van der Waals surface area contributed by atoms with Gasteiger partial charge in [-0.25, -0.2) is 19.3 Å². The molecule has 200 valence electrons. The number of halogens is 2. The number of carboxylic acids is 1. The highest BCUT2D eigenvalue weighted by Crippen LogP contribution is 2.29. The highest BCUT2D eigenvalue weighted by molar-refractivity contribution is 6.31. The number of fused-ring (bicyclic) bond motifs is 1. The van der Waals surface area contributed by atoms with Crippen molar-refractivity contribution in [3.05, 3.63) is 59.9 Å². The van der Waals surface area contributed by atoms with E-state index in [0.717, 1.165) is 24.4 Å². The van der Waals surface area contributed by atoms with Gasteiger partial charge in [-0.15, -0.1) is 0 Å². The normalized spacial score (nSPS) is 15.7. The number of amides is 1. The molecule has 0 spiro atoms. The third-order valence-corrected chi connectivity index (χ3v) is 6.60. The van der Waals surface area contributed by atoms with Gasteiger partial charge < -0.3 is 20.3 Å². The highest BCUT2D eigenvalue weighted by atomic mass is 35.5. The van der Waals surface area contributed by atoms with Gasteiger partial charge in [-0.2, -0.15) is 0 Å². The summed E-state index contributed by atoms with van der Waals surface area (Å²) in [7, 11) is 0. The first-order valence-corrected chi connectivity index (χ1v) is 13.0. The summed E-state index contributed by atoms with van der Waals surface area (Å²) in [5, 5.41) is 13.3. The molecule has 11 heteroatoms. The molecule has 0 aliphatic carbocycles. The summed E-state index contributed by atoms with van der Waals surface area (Å²) in [4.78, 5) is 41.1. The van der Waals surface area contributed by atoms with E-state index in [-0.39, 0.29) is 36.7 Å². The van der Waals surface area contributed by atoms with E-state index in [1.54, 1.807) is 35.6 Å². The number of hydrogen-bond donors (Lipinski definition) is 3. The number of carbonyl (C=O) groups is 2. The van der Waals surface area contributed by atoms with Gasteiger partial charge in [0, 0.05) is 48.4 Å². The predicted octanol–water partition coefficient (Wildman–Crippen LogP) is 5.71. The number of anilines is 1. The van der Waals surface area contributed by atoms with Crippen LogP contribution in [0.4, 0.5) is 10.2 Å². The third-order valence-electron chi connectivity index (χ3n) is 6.39. The van der Waals surface area contributed by atoms with E-state index in [1.165, 1.54) is 0 Å². The van der Waals surface area contributed by atoms with Crippen molar-refractivity contribution in [2.45, 2.75) is 64.0 Å². The van der Waals surface area contributed by atoms with Crippen LogP contribution in [-0.4, -0.2) is 53.9 Å². The van der Waals surface area contributed by atoms with Crippen molar-refractivity contribution in [1.82, 2.24) is 24.8 Å². The third kappa shape index (κ3) is 6.74. The number of H-pyrrole nitrogens is 1. The first kappa shape index (κ1) is 27.3. The summed E-state index contributed by atoms with van der Waals surface area (Å²) in [5.41, 5.74) is 1.30. The maximum atomic E-state index is 14.8. The number of carbonyl (C=O) groups excluding carboxylic acids is 1. The first-order chi connectivity index (χ1) is 18.4. The number of aromatic nitrogens is 4. The second-order valence-corrected chi connectivity index (χ2v) is 9.63. The van der Waals surface area contributed by atoms with Crippen LogP contribution in [0.5, 0.6) is 0 Å². The number of nitrogens with one attached hydrogen (secondary N) is 2. The molecule has 1 aliphatic heterocycles. The molecule has 0 saturated carbocycles. The molecule has 3 N–H and O–H groups in total. The van der Waals surface area contributed by atoms with E-state index in [4.69, 9.17) is 16.7 Å². The SMILES string of the molecule is CCCC(CC[C@@H]1C=CC=CN1C(=O)CCCC(=O)O)Nc1nc(-c2c[nH]c3ncc(Cl)cc23)ncc1F. The number of nitrogens with zero attached hydrogens (tertiary/aromatic N) is 4. The Balaban J connectivity index is 1.45. The van der Waals surface area contributed by atoms with Crippen molar-refractivity contribution < 1.29 is 19.1 Å². The van der Waals surface area contributed by atoms with Crippen LogP contribution in [0.3, 0.4) is 0 Å². The lowest BCUT2D eigenvalue weighted by molar-refractivity contribution is -0.137. The van der Waals surface area contributed by atoms with E-state index in [2.05, 4.69) is 32.2 Å². The Morgan fingerprint density at radius 2 is 2.08 bits per heavy atom. The van der Waals surface area contributed by atoms with Crippen LogP contribution in [0, 0.1) is 5.82 Å². The van der Waals surface area contributed by atoms with Gasteiger partial charge >= 0.3 is 5.97 Å². The van der Waals surface area contributed by atoms with Gasteiger partial charge in [0.25, 0.3) is 0 Å². The van der Waals surface area contributed by atoms with E-state index in [1.807, 2.05) is 12.2 Å². The van der Waals surface area contributed by atoms with Gasteiger partial charge in [-0.1, -0.05) is 37.1 Å². The molecule has 0 bridgehead atoms. The standard InChI is InChI=1S/C27H30ClFN6O3/c1-2-6-18(10-11-19-7-3-4-12-35(19)23(36)8-5-9-24(37)38)33-27-22(29)16-32-26(34-27)21-15-31-25-20(21)13-17(28)14-30-25/h3-4,7,12-16,18-19H,2,5-6,8-11H2,1H3,(H,30,31)(H,37,38)(H,32,33,34)/t18?,19-/m0/s1. The monoisotopic (exact) mass is 540 g/mol. The fraction of sp³-hybridized carbons (Fsp3) is 0.370. The Morgan fingerprint density at radius 3 is 2.87 bits per heavy atom. The average Bonchev–Trinajstić information content (AvgIpc) is 3.31. The van der Waals surface area contributed by atoms with Gasteiger partial charge in [0.1, 0.15) is 5.65 Å². The Bertz CT molecular complexity index is 1360. The number of carboxylic acid groups (broad SMARTS) is 1. The topological polar surface area (TPSA) is 124 Å². The number of rotatable bonds is 12. The van der Waals surface area contributed by atoms with Crippen molar-refractivity contribution in [1.29, 1.82) is 0 Å². The fourth-order valence-electron chi connectivity index (χ4n) is 4.52. The number of aromatic amines is 1. The molecule has 0 radical (unpaired) electrons. The van der Waals surface area contributed by atoms with E-state index < -0.39 is 11.8 Å². The zero-order valence-corrected chi connectivity index (χ0v) is 21.8. The smallest absolute Gasteiger partial charge is 0.303 e. The summed E-state index contributed by atoms with van der Waals surface area (Å²) >= 11 is 6.11. The second-order valence-electron chi connectivity index (χ2n) is 9.19. The quantitative estimate of drug-likeness (QED) is 0.269. The van der Waals surface area contributed by atoms with Crippen molar-refractivity contribution in [3.63, 3.8) is 0 Å². The van der Waals surface area contributed by atoms with Gasteiger partial charge in [-0.05, 0) is 37.8 Å². The van der Waals surface area contributed by atoms with Crippen LogP contribution in [-0.2, 0) is 9.59 Å². The lowest BCUT2D eigenvalue weighted by Gasteiger charge is -2.30. The van der Waals surface area contributed by atoms with Crippen molar-refractivity contribution in [2.24, 2.45) is 0 Å². The average molecular weight is 541 g/mol. The summed E-state index contributed by atoms with van der Waals surface area (Å²) < 4.78 is 14.8. The summed E-state index contributed by atoms with van der Waals surface area (Å²) in [6.07, 6.45) is 15.2. The molecule has 38 heavy (non-hydrogen) atoms. The van der Waals surface area contributed by atoms with E-state index in [0.29, 0.717) is 41.3 Å². The summed E-state index contributed by atoms with van der Waals surface area (Å²) in [6, 6.07) is 1.52. The molecule has 3 aromatic rings. The van der Waals surface area contributed by atoms with Crippen molar-refractivity contribution in [2.75, 3.05) is 5.32 Å². The minimum atomic E-state index is -0.915. The second kappa shape index (κ2) is 12.6. The van der Waals surface area contributed by atoms with Crippen LogP contribution in [0.1, 0.15) is 51.9 Å². The minimum Gasteiger partial charge on any atom is -0.481 e. The minimum absolute atomic E-state index is 0.0408. The maximum Gasteiger partial charge on any atom is 0.303 e. The van der Waals surface area contributed by atoms with Gasteiger partial charge in [0.2, 0.25) is 5.91 Å². The Labute approximate surface area is 224 Å². The lowest BCUT2D eigenvalue weighted by Crippen LogP contribution is -2.37. The van der Waals surface area contributed by atoms with Gasteiger partial charge in [-0.3, -0.25) is 9.59 Å². The van der Waals surface area contributed by atoms with Crippen LogP contribution in [0.25, 0.3) is 22.4 Å². The summed E-state index contributed by atoms with van der Waals surface area (Å²) in [6.45, 7) is 2.06. The molecule has 9 nitrogen and oxygen atoms in total. The molecule has 4 heterocycles. The lowest BCUT2D eigenvalue weighted by atomic mass is 9.99. The largest absolute Gasteiger partial charge is 0.481 e. The van der Waals surface area contributed by atoms with Gasteiger partial charge in [0.15, 0.2) is 17.5 Å². The summed E-state index contributed by atoms with van der Waals surface area (Å²) in [5.74, 6) is -1.13. The van der Waals surface area contributed by atoms with Gasteiger partial charge in [0.05, 0.1) is 17.3 Å². The number of aliphatic carboxylic acids is 1. The predicted molar refractivity (Wildman–Crippen MR) is 144 cm³/mol. The Hall–Kier alpha value is -3.79. The van der Waals surface area contributed by atoms with E-state index in [9.17, 15) is 14.0 Å². The van der Waals surface area contributed by atoms with Crippen molar-refractivity contribution in [3.8, 4) is 11.4 Å². The zero-order chi connectivity index (χ0) is 27.1. The van der Waals surface area contributed by atoms with Crippen LogP contribution in [0.2, 0.25) is 5.02 Å². The van der Waals surface area contributed by atoms with Crippen molar-refractivity contribution >= 4 is 40.3 Å². The molecule has 3 aromatic heterocycles. The fourth-order valence-corrected chi connectivity index (χ4v) is 4.68. The maximum absolute atomic E-state index is 14.8. The number of allylic oxidation sites excluding steroid dienone is 2.